The van der Waals surface area contributed by atoms with Crippen LogP contribution >= 0.6 is 0 Å². The Hall–Kier alpha value is -3.29. The van der Waals surface area contributed by atoms with Gasteiger partial charge in [-0.05, 0) is 19.4 Å². The minimum atomic E-state index is -0.999. The predicted molar refractivity (Wildman–Crippen MR) is 94.0 cm³/mol. The number of nitrogens with one attached hydrogen (secondary N) is 2. The van der Waals surface area contributed by atoms with E-state index in [1.165, 1.54) is 6.07 Å². The molecule has 2 aromatic rings. The van der Waals surface area contributed by atoms with Crippen LogP contribution in [0, 0.1) is 0 Å². The molecule has 0 aromatic heterocycles. The maximum absolute atomic E-state index is 12.1. The predicted octanol–water partition coefficient (Wildman–Crippen LogP) is 2.03. The van der Waals surface area contributed by atoms with E-state index in [9.17, 15) is 24.6 Å². The van der Waals surface area contributed by atoms with Gasteiger partial charge in [0.25, 0.3) is 5.91 Å². The number of esters is 1. The van der Waals surface area contributed by atoms with Crippen molar-refractivity contribution in [2.75, 3.05) is 6.61 Å². The quantitative estimate of drug-likeness (QED) is 0.478. The van der Waals surface area contributed by atoms with Gasteiger partial charge in [0.2, 0.25) is 0 Å². The Morgan fingerprint density at radius 2 is 1.81 bits per heavy atom. The molecule has 0 aliphatic heterocycles. The largest absolute Gasteiger partial charge is 0.507 e. The van der Waals surface area contributed by atoms with Crippen LogP contribution in [0.5, 0.6) is 11.5 Å². The lowest BCUT2D eigenvalue weighted by Crippen LogP contribution is -2.44. The van der Waals surface area contributed by atoms with Gasteiger partial charge in [-0.25, -0.2) is 9.59 Å². The van der Waals surface area contributed by atoms with Gasteiger partial charge in [0.05, 0.1) is 0 Å². The first-order valence-electron chi connectivity index (χ1n) is 8.04. The molecular formula is C18H20N2O6. The molecule has 2 aromatic carbocycles. The summed E-state index contributed by atoms with van der Waals surface area (Å²) in [6.07, 6.45) is 0.696. The molecule has 0 bridgehead atoms. The van der Waals surface area contributed by atoms with Crippen molar-refractivity contribution < 1.29 is 29.3 Å². The summed E-state index contributed by atoms with van der Waals surface area (Å²) in [7, 11) is 0. The van der Waals surface area contributed by atoms with Crippen molar-refractivity contribution in [3.05, 3.63) is 35.9 Å². The average Bonchev–Trinajstić information content (AvgIpc) is 2.62. The zero-order valence-corrected chi connectivity index (χ0v) is 14.4. The van der Waals surface area contributed by atoms with E-state index in [0.717, 1.165) is 6.07 Å². The third kappa shape index (κ3) is 4.41. The van der Waals surface area contributed by atoms with E-state index in [4.69, 9.17) is 4.74 Å². The number of hydrogen-bond acceptors (Lipinski definition) is 6. The van der Waals surface area contributed by atoms with Crippen LogP contribution in [0.3, 0.4) is 0 Å². The number of amides is 3. The van der Waals surface area contributed by atoms with E-state index in [0.29, 0.717) is 11.8 Å². The Morgan fingerprint density at radius 3 is 2.46 bits per heavy atom. The van der Waals surface area contributed by atoms with Gasteiger partial charge in [-0.1, -0.05) is 31.2 Å². The van der Waals surface area contributed by atoms with Crippen LogP contribution in [0.4, 0.5) is 4.79 Å². The molecule has 0 aliphatic rings. The molecule has 0 fully saturated rings. The Kier molecular flexibility index (Phi) is 6.00. The minimum absolute atomic E-state index is 0.108. The van der Waals surface area contributed by atoms with Gasteiger partial charge >= 0.3 is 12.0 Å². The van der Waals surface area contributed by atoms with E-state index >= 15 is 0 Å². The molecule has 3 amide bonds. The number of carbonyl (C=O) groups excluding carboxylic acids is 3. The standard InChI is InChI=1S/C18H20N2O6/c1-3-10(2)19-18(25)20-15(22)9-26-17(24)13-8-14(21)11-6-4-5-7-12(11)16(13)23/h4-8,10,21,23H,3,9H2,1-2H3,(H2,19,20,22,25)/t10-/m0/s1. The molecule has 1 atom stereocenters. The lowest BCUT2D eigenvalue weighted by Gasteiger charge is -2.12. The Labute approximate surface area is 149 Å². The van der Waals surface area contributed by atoms with Crippen molar-refractivity contribution in [2.45, 2.75) is 26.3 Å². The monoisotopic (exact) mass is 360 g/mol. The summed E-state index contributed by atoms with van der Waals surface area (Å²) in [6, 6.07) is 6.70. The van der Waals surface area contributed by atoms with E-state index < -0.39 is 24.5 Å². The van der Waals surface area contributed by atoms with E-state index in [-0.39, 0.29) is 28.5 Å². The third-order valence-corrected chi connectivity index (χ3v) is 3.79. The normalized spacial score (nSPS) is 11.6. The Bertz CT molecular complexity index is 849. The van der Waals surface area contributed by atoms with Crippen LogP contribution in [0.2, 0.25) is 0 Å². The molecular weight excluding hydrogens is 340 g/mol. The molecule has 8 heteroatoms. The molecule has 0 spiro atoms. The molecule has 0 heterocycles. The summed E-state index contributed by atoms with van der Waals surface area (Å²) in [4.78, 5) is 35.3. The highest BCUT2D eigenvalue weighted by molar-refractivity contribution is 6.04. The maximum Gasteiger partial charge on any atom is 0.342 e. The molecule has 0 aliphatic carbocycles. The number of ether oxygens (including phenoxy) is 1. The smallest absolute Gasteiger partial charge is 0.342 e. The zero-order chi connectivity index (χ0) is 19.3. The second-order valence-corrected chi connectivity index (χ2v) is 5.74. The van der Waals surface area contributed by atoms with Crippen molar-refractivity contribution in [1.29, 1.82) is 0 Å². The van der Waals surface area contributed by atoms with Crippen molar-refractivity contribution in [3.8, 4) is 11.5 Å². The Balaban J connectivity index is 2.02. The van der Waals surface area contributed by atoms with E-state index in [1.54, 1.807) is 25.1 Å². The number of hydrogen-bond donors (Lipinski definition) is 4. The number of urea groups is 1. The first kappa shape index (κ1) is 19.0. The number of phenolic OH excluding ortho intramolecular Hbond substituents is 2. The number of benzene rings is 2. The highest BCUT2D eigenvalue weighted by Crippen LogP contribution is 2.35. The van der Waals surface area contributed by atoms with Crippen LogP contribution in [0.1, 0.15) is 30.6 Å². The van der Waals surface area contributed by atoms with Crippen molar-refractivity contribution in [3.63, 3.8) is 0 Å². The molecule has 0 saturated carbocycles. The van der Waals surface area contributed by atoms with Crippen molar-refractivity contribution in [2.24, 2.45) is 0 Å². The Morgan fingerprint density at radius 1 is 1.15 bits per heavy atom. The first-order valence-corrected chi connectivity index (χ1v) is 8.04. The maximum atomic E-state index is 12.1. The fourth-order valence-corrected chi connectivity index (χ4v) is 2.23. The van der Waals surface area contributed by atoms with E-state index in [2.05, 4.69) is 5.32 Å². The van der Waals surface area contributed by atoms with Crippen LogP contribution in [0.25, 0.3) is 10.8 Å². The highest BCUT2D eigenvalue weighted by atomic mass is 16.5. The van der Waals surface area contributed by atoms with Crippen LogP contribution < -0.4 is 10.6 Å². The number of fused-ring (bicyclic) bond motifs is 1. The summed E-state index contributed by atoms with van der Waals surface area (Å²) in [5, 5.41) is 25.4. The molecule has 0 radical (unpaired) electrons. The highest BCUT2D eigenvalue weighted by Gasteiger charge is 2.19. The molecule has 138 valence electrons. The van der Waals surface area contributed by atoms with Gasteiger partial charge in [0, 0.05) is 16.8 Å². The van der Waals surface area contributed by atoms with E-state index in [1.807, 2.05) is 12.2 Å². The van der Waals surface area contributed by atoms with Gasteiger partial charge in [-0.3, -0.25) is 10.1 Å². The molecule has 2 rings (SSSR count). The van der Waals surface area contributed by atoms with Gasteiger partial charge in [0.15, 0.2) is 6.61 Å². The van der Waals surface area contributed by atoms with Gasteiger partial charge in [0.1, 0.15) is 17.1 Å². The van der Waals surface area contributed by atoms with Crippen molar-refractivity contribution in [1.82, 2.24) is 10.6 Å². The zero-order valence-electron chi connectivity index (χ0n) is 14.4. The average molecular weight is 360 g/mol. The van der Waals surface area contributed by atoms with Gasteiger partial charge in [-0.15, -0.1) is 0 Å². The second-order valence-electron chi connectivity index (χ2n) is 5.74. The molecule has 26 heavy (non-hydrogen) atoms. The summed E-state index contributed by atoms with van der Waals surface area (Å²) in [5.74, 6) is -2.38. The lowest BCUT2D eigenvalue weighted by molar-refractivity contribution is -0.123. The van der Waals surface area contributed by atoms with Crippen molar-refractivity contribution >= 4 is 28.7 Å². The van der Waals surface area contributed by atoms with Crippen LogP contribution in [-0.2, 0) is 9.53 Å². The summed E-state index contributed by atoms with van der Waals surface area (Å²) in [6.45, 7) is 2.94. The summed E-state index contributed by atoms with van der Waals surface area (Å²) < 4.78 is 4.80. The SMILES string of the molecule is CC[C@H](C)NC(=O)NC(=O)COC(=O)c1cc(O)c2ccccc2c1O. The number of phenols is 2. The number of rotatable bonds is 5. The molecule has 0 saturated heterocycles. The summed E-state index contributed by atoms with van der Waals surface area (Å²) >= 11 is 0. The first-order chi connectivity index (χ1) is 12.3. The summed E-state index contributed by atoms with van der Waals surface area (Å²) in [5.41, 5.74) is -0.280. The molecule has 4 N–H and O–H groups in total. The number of imide groups is 1. The fraction of sp³-hybridized carbons (Fsp3) is 0.278. The lowest BCUT2D eigenvalue weighted by atomic mass is 10.0. The second kappa shape index (κ2) is 8.19. The fourth-order valence-electron chi connectivity index (χ4n) is 2.23. The number of carbonyl (C=O) groups is 3. The number of aromatic hydroxyl groups is 2. The van der Waals surface area contributed by atoms with Crippen LogP contribution in [0.15, 0.2) is 30.3 Å². The minimum Gasteiger partial charge on any atom is -0.507 e. The third-order valence-electron chi connectivity index (χ3n) is 3.79. The molecule has 8 nitrogen and oxygen atoms in total. The van der Waals surface area contributed by atoms with Gasteiger partial charge in [-0.2, -0.15) is 0 Å². The van der Waals surface area contributed by atoms with Crippen LogP contribution in [-0.4, -0.2) is 40.8 Å². The van der Waals surface area contributed by atoms with Gasteiger partial charge < -0.3 is 20.3 Å². The topological polar surface area (TPSA) is 125 Å². The molecule has 0 unspecified atom stereocenters.